The molecule has 1 aliphatic carbocycles. The van der Waals surface area contributed by atoms with Gasteiger partial charge in [-0.1, -0.05) is 0 Å². The largest absolute Gasteiger partial charge is 0.352 e. The Labute approximate surface area is 98.0 Å². The molecule has 1 amide bonds. The van der Waals surface area contributed by atoms with Gasteiger partial charge >= 0.3 is 0 Å². The Balaban J connectivity index is 1.66. The fourth-order valence-corrected chi connectivity index (χ4v) is 2.30. The van der Waals surface area contributed by atoms with Crippen LogP contribution >= 0.6 is 0 Å². The van der Waals surface area contributed by atoms with Crippen molar-refractivity contribution in [3.63, 3.8) is 0 Å². The van der Waals surface area contributed by atoms with Crippen molar-refractivity contribution in [2.75, 3.05) is 33.7 Å². The van der Waals surface area contributed by atoms with E-state index in [0.29, 0.717) is 18.6 Å². The highest BCUT2D eigenvalue weighted by molar-refractivity contribution is 5.78. The second-order valence-electron chi connectivity index (χ2n) is 5.29. The molecular formula is C12H23N3O. The predicted octanol–water partition coefficient (Wildman–Crippen LogP) is 0.291. The first kappa shape index (κ1) is 11.9. The van der Waals surface area contributed by atoms with Crippen LogP contribution in [-0.2, 0) is 4.79 Å². The van der Waals surface area contributed by atoms with E-state index < -0.39 is 0 Å². The minimum absolute atomic E-state index is 0.198. The van der Waals surface area contributed by atoms with Gasteiger partial charge in [0.25, 0.3) is 0 Å². The Morgan fingerprint density at radius 3 is 2.50 bits per heavy atom. The van der Waals surface area contributed by atoms with Gasteiger partial charge in [0, 0.05) is 12.1 Å². The lowest BCUT2D eigenvalue weighted by Crippen LogP contribution is -2.46. The van der Waals surface area contributed by atoms with Crippen molar-refractivity contribution in [1.29, 1.82) is 0 Å². The van der Waals surface area contributed by atoms with Crippen molar-refractivity contribution in [2.45, 2.75) is 37.8 Å². The van der Waals surface area contributed by atoms with Gasteiger partial charge in [-0.3, -0.25) is 9.69 Å². The van der Waals surface area contributed by atoms with Gasteiger partial charge in [0.15, 0.2) is 0 Å². The molecule has 1 N–H and O–H groups in total. The minimum Gasteiger partial charge on any atom is -0.352 e. The van der Waals surface area contributed by atoms with E-state index in [0.717, 1.165) is 25.9 Å². The van der Waals surface area contributed by atoms with Crippen LogP contribution in [0.4, 0.5) is 0 Å². The van der Waals surface area contributed by atoms with Gasteiger partial charge in [0.2, 0.25) is 5.91 Å². The SMILES string of the molecule is CN1CCC(NC(=O)CN(C)C2CC2)CC1. The number of nitrogens with one attached hydrogen (secondary N) is 1. The van der Waals surface area contributed by atoms with Crippen LogP contribution < -0.4 is 5.32 Å². The van der Waals surface area contributed by atoms with E-state index in [2.05, 4.69) is 22.2 Å². The summed E-state index contributed by atoms with van der Waals surface area (Å²) in [5.41, 5.74) is 0. The Morgan fingerprint density at radius 1 is 1.31 bits per heavy atom. The maximum absolute atomic E-state index is 11.8. The fraction of sp³-hybridized carbons (Fsp3) is 0.917. The van der Waals surface area contributed by atoms with Crippen LogP contribution in [0.15, 0.2) is 0 Å². The monoisotopic (exact) mass is 225 g/mol. The molecule has 1 saturated heterocycles. The molecular weight excluding hydrogens is 202 g/mol. The van der Waals surface area contributed by atoms with Crippen LogP contribution in [0.1, 0.15) is 25.7 Å². The third kappa shape index (κ3) is 3.46. The Kier molecular flexibility index (Phi) is 3.82. The fourth-order valence-electron chi connectivity index (χ4n) is 2.30. The normalized spacial score (nSPS) is 23.7. The molecule has 1 heterocycles. The number of piperidine rings is 1. The number of carbonyl (C=O) groups is 1. The number of hydrogen-bond donors (Lipinski definition) is 1. The zero-order valence-electron chi connectivity index (χ0n) is 10.4. The average molecular weight is 225 g/mol. The smallest absolute Gasteiger partial charge is 0.234 e. The molecule has 0 aromatic carbocycles. The number of carbonyl (C=O) groups excluding carboxylic acids is 1. The molecule has 92 valence electrons. The maximum Gasteiger partial charge on any atom is 0.234 e. The first-order chi connectivity index (χ1) is 7.65. The van der Waals surface area contributed by atoms with E-state index in [-0.39, 0.29) is 5.91 Å². The van der Waals surface area contributed by atoms with E-state index in [1.165, 1.54) is 12.8 Å². The van der Waals surface area contributed by atoms with Crippen molar-refractivity contribution in [3.8, 4) is 0 Å². The number of hydrogen-bond acceptors (Lipinski definition) is 3. The van der Waals surface area contributed by atoms with Crippen molar-refractivity contribution in [3.05, 3.63) is 0 Å². The zero-order valence-corrected chi connectivity index (χ0v) is 10.4. The van der Waals surface area contributed by atoms with Crippen LogP contribution in [0.3, 0.4) is 0 Å². The molecule has 2 fully saturated rings. The Bertz CT molecular complexity index is 245. The number of likely N-dealkylation sites (N-methyl/N-ethyl adjacent to an activating group) is 1. The second kappa shape index (κ2) is 5.15. The summed E-state index contributed by atoms with van der Waals surface area (Å²) in [6, 6.07) is 1.07. The molecule has 0 radical (unpaired) electrons. The molecule has 1 aliphatic heterocycles. The highest BCUT2D eigenvalue weighted by atomic mass is 16.2. The topological polar surface area (TPSA) is 35.6 Å². The first-order valence-electron chi connectivity index (χ1n) is 6.33. The molecule has 4 heteroatoms. The van der Waals surface area contributed by atoms with Crippen LogP contribution in [-0.4, -0.2) is 61.5 Å². The average Bonchev–Trinajstić information content (AvgIpc) is 3.04. The van der Waals surface area contributed by atoms with Crippen molar-refractivity contribution < 1.29 is 4.79 Å². The molecule has 0 atom stereocenters. The highest BCUT2D eigenvalue weighted by Crippen LogP contribution is 2.24. The number of likely N-dealkylation sites (tertiary alicyclic amines) is 1. The number of amides is 1. The summed E-state index contributed by atoms with van der Waals surface area (Å²) in [6.07, 6.45) is 4.71. The molecule has 2 rings (SSSR count). The summed E-state index contributed by atoms with van der Waals surface area (Å²) in [5, 5.41) is 3.15. The summed E-state index contributed by atoms with van der Waals surface area (Å²) in [5.74, 6) is 0.198. The quantitative estimate of drug-likeness (QED) is 0.747. The molecule has 4 nitrogen and oxygen atoms in total. The highest BCUT2D eigenvalue weighted by Gasteiger charge is 2.27. The van der Waals surface area contributed by atoms with Crippen LogP contribution in [0.2, 0.25) is 0 Å². The summed E-state index contributed by atoms with van der Waals surface area (Å²) >= 11 is 0. The third-order valence-corrected chi connectivity index (χ3v) is 3.65. The molecule has 16 heavy (non-hydrogen) atoms. The van der Waals surface area contributed by atoms with Gasteiger partial charge < -0.3 is 10.2 Å². The summed E-state index contributed by atoms with van der Waals surface area (Å²) < 4.78 is 0. The van der Waals surface area contributed by atoms with Gasteiger partial charge in [0.05, 0.1) is 6.54 Å². The molecule has 2 aliphatic rings. The van der Waals surface area contributed by atoms with E-state index in [9.17, 15) is 4.79 Å². The molecule has 0 bridgehead atoms. The van der Waals surface area contributed by atoms with Crippen molar-refractivity contribution in [1.82, 2.24) is 15.1 Å². The predicted molar refractivity (Wildman–Crippen MR) is 64.3 cm³/mol. The van der Waals surface area contributed by atoms with Gasteiger partial charge in [-0.2, -0.15) is 0 Å². The lowest BCUT2D eigenvalue weighted by molar-refractivity contribution is -0.123. The molecule has 0 aromatic heterocycles. The van der Waals surface area contributed by atoms with Gasteiger partial charge in [0.1, 0.15) is 0 Å². The van der Waals surface area contributed by atoms with Gasteiger partial charge in [-0.25, -0.2) is 0 Å². The second-order valence-corrected chi connectivity index (χ2v) is 5.29. The standard InChI is InChI=1S/C12H23N3O/c1-14-7-5-10(6-8-14)13-12(16)9-15(2)11-3-4-11/h10-11H,3-9H2,1-2H3,(H,13,16). The number of nitrogens with zero attached hydrogens (tertiary/aromatic N) is 2. The van der Waals surface area contributed by atoms with E-state index >= 15 is 0 Å². The maximum atomic E-state index is 11.8. The summed E-state index contributed by atoms with van der Waals surface area (Å²) in [4.78, 5) is 16.3. The third-order valence-electron chi connectivity index (χ3n) is 3.65. The first-order valence-corrected chi connectivity index (χ1v) is 6.33. The summed E-state index contributed by atoms with van der Waals surface area (Å²) in [7, 11) is 4.19. The van der Waals surface area contributed by atoms with E-state index in [1.54, 1.807) is 0 Å². The molecule has 1 saturated carbocycles. The van der Waals surface area contributed by atoms with Crippen LogP contribution in [0.25, 0.3) is 0 Å². The van der Waals surface area contributed by atoms with Gasteiger partial charge in [-0.15, -0.1) is 0 Å². The van der Waals surface area contributed by atoms with Crippen molar-refractivity contribution >= 4 is 5.91 Å². The number of rotatable bonds is 4. The van der Waals surface area contributed by atoms with Crippen molar-refractivity contribution in [2.24, 2.45) is 0 Å². The zero-order chi connectivity index (χ0) is 11.5. The Morgan fingerprint density at radius 2 is 1.94 bits per heavy atom. The summed E-state index contributed by atoms with van der Waals surface area (Å²) in [6.45, 7) is 2.77. The molecule has 0 spiro atoms. The van der Waals surface area contributed by atoms with E-state index in [1.807, 2.05) is 7.05 Å². The van der Waals surface area contributed by atoms with E-state index in [4.69, 9.17) is 0 Å². The minimum atomic E-state index is 0.198. The molecule has 0 aromatic rings. The molecule has 0 unspecified atom stereocenters. The lowest BCUT2D eigenvalue weighted by atomic mass is 10.1. The van der Waals surface area contributed by atoms with Crippen LogP contribution in [0, 0.1) is 0 Å². The Hall–Kier alpha value is -0.610. The van der Waals surface area contributed by atoms with Gasteiger partial charge in [-0.05, 0) is 52.9 Å². The lowest BCUT2D eigenvalue weighted by Gasteiger charge is -2.30. The van der Waals surface area contributed by atoms with Crippen LogP contribution in [0.5, 0.6) is 0 Å².